The molecule has 0 saturated carbocycles. The normalized spacial score (nSPS) is 11.7. The summed E-state index contributed by atoms with van der Waals surface area (Å²) < 4.78 is 12.9. The summed E-state index contributed by atoms with van der Waals surface area (Å²) in [5.74, 6) is 0. The van der Waals surface area contributed by atoms with Gasteiger partial charge in [-0.15, -0.1) is 0 Å². The summed E-state index contributed by atoms with van der Waals surface area (Å²) in [5.41, 5.74) is 12.0. The molecule has 4 nitrogen and oxygen atoms in total. The molecule has 0 unspecified atom stereocenters. The molecule has 0 aliphatic carbocycles. The van der Waals surface area contributed by atoms with Crippen molar-refractivity contribution in [1.82, 2.24) is 0 Å². The molecule has 0 fully saturated rings. The summed E-state index contributed by atoms with van der Waals surface area (Å²) in [6, 6.07) is 77.7. The average molecular weight is 769 g/mol. The molecule has 60 heavy (non-hydrogen) atoms. The van der Waals surface area contributed by atoms with Crippen LogP contribution in [-0.2, 0) is 0 Å². The Morgan fingerprint density at radius 1 is 0.267 bits per heavy atom. The Morgan fingerprint density at radius 3 is 1.58 bits per heavy atom. The van der Waals surface area contributed by atoms with Crippen LogP contribution in [0.15, 0.2) is 227 Å². The fraction of sp³-hybridized carbons (Fsp3) is 0. The molecule has 0 bridgehead atoms. The van der Waals surface area contributed by atoms with Crippen LogP contribution >= 0.6 is 0 Å². The van der Waals surface area contributed by atoms with Crippen molar-refractivity contribution in [3.05, 3.63) is 218 Å². The number of furan rings is 2. The summed E-state index contributed by atoms with van der Waals surface area (Å²) in [6.07, 6.45) is 0. The molecule has 0 spiro atoms. The number of benzene rings is 10. The number of anilines is 6. The molecule has 2 aromatic heterocycles. The lowest BCUT2D eigenvalue weighted by atomic mass is 9.98. The molecular formula is C56H36N2O2. The lowest BCUT2D eigenvalue weighted by molar-refractivity contribution is 0.669. The van der Waals surface area contributed by atoms with Gasteiger partial charge in [-0.1, -0.05) is 127 Å². The monoisotopic (exact) mass is 768 g/mol. The van der Waals surface area contributed by atoms with Gasteiger partial charge in [0.25, 0.3) is 0 Å². The Kier molecular flexibility index (Phi) is 7.82. The van der Waals surface area contributed by atoms with Gasteiger partial charge in [-0.05, 0) is 124 Å². The highest BCUT2D eigenvalue weighted by molar-refractivity contribution is 6.18. The van der Waals surface area contributed by atoms with E-state index in [-0.39, 0.29) is 0 Å². The van der Waals surface area contributed by atoms with Gasteiger partial charge in [-0.25, -0.2) is 0 Å². The van der Waals surface area contributed by atoms with E-state index in [1.54, 1.807) is 0 Å². The predicted molar refractivity (Wildman–Crippen MR) is 251 cm³/mol. The Balaban J connectivity index is 1.17. The van der Waals surface area contributed by atoms with Crippen molar-refractivity contribution in [2.24, 2.45) is 0 Å². The lowest BCUT2D eigenvalue weighted by Crippen LogP contribution is -2.14. The highest BCUT2D eigenvalue weighted by Crippen LogP contribution is 2.47. The van der Waals surface area contributed by atoms with E-state index in [4.69, 9.17) is 8.83 Å². The second-order valence-electron chi connectivity index (χ2n) is 15.3. The first-order valence-electron chi connectivity index (χ1n) is 20.3. The molecule has 282 valence electrons. The van der Waals surface area contributed by atoms with Gasteiger partial charge in [-0.3, -0.25) is 0 Å². The molecule has 12 aromatic rings. The van der Waals surface area contributed by atoms with Crippen molar-refractivity contribution in [2.75, 3.05) is 9.80 Å². The minimum absolute atomic E-state index is 0.841. The van der Waals surface area contributed by atoms with E-state index in [0.717, 1.165) is 94.5 Å². The van der Waals surface area contributed by atoms with Crippen LogP contribution in [0.25, 0.3) is 76.5 Å². The highest BCUT2D eigenvalue weighted by Gasteiger charge is 2.23. The smallest absolute Gasteiger partial charge is 0.137 e. The van der Waals surface area contributed by atoms with Crippen LogP contribution in [-0.4, -0.2) is 0 Å². The van der Waals surface area contributed by atoms with Crippen LogP contribution in [0.1, 0.15) is 0 Å². The fourth-order valence-electron chi connectivity index (χ4n) is 9.02. The van der Waals surface area contributed by atoms with E-state index in [9.17, 15) is 0 Å². The van der Waals surface area contributed by atoms with Crippen LogP contribution < -0.4 is 9.80 Å². The predicted octanol–water partition coefficient (Wildman–Crippen LogP) is 16.4. The Hall–Kier alpha value is -8.08. The minimum atomic E-state index is 0.841. The zero-order valence-corrected chi connectivity index (χ0v) is 32.5. The van der Waals surface area contributed by atoms with Gasteiger partial charge >= 0.3 is 0 Å². The standard InChI is InChI=1S/C56H36N2O2/c1-4-15-37(16-5-1)40-31-44(57(41-17-6-2-7-18-41)42-19-8-3-9-20-42)34-45(32-40)58(51-23-14-26-54-56(51)47-22-11-13-25-53(47)59-54)43-30-29-38-27-28-39-33-55-50(36-49(39)48(38)35-43)46-21-10-12-24-52(46)60-55/h1-36H. The SMILES string of the molecule is c1ccc(-c2cc(N(c3ccccc3)c3ccccc3)cc(N(c3ccc4ccc5cc6oc7ccccc7c6cc5c4c3)c3cccc4oc5ccccc5c34)c2)cc1. The van der Waals surface area contributed by atoms with E-state index in [0.29, 0.717) is 0 Å². The first-order chi connectivity index (χ1) is 29.7. The largest absolute Gasteiger partial charge is 0.456 e. The molecule has 0 atom stereocenters. The zero-order valence-electron chi connectivity index (χ0n) is 32.5. The van der Waals surface area contributed by atoms with Crippen LogP contribution in [0.4, 0.5) is 34.1 Å². The average Bonchev–Trinajstić information content (AvgIpc) is 3.88. The molecule has 0 aliphatic heterocycles. The molecular weight excluding hydrogens is 733 g/mol. The molecule has 0 saturated heterocycles. The summed E-state index contributed by atoms with van der Waals surface area (Å²) in [5, 5.41) is 9.02. The van der Waals surface area contributed by atoms with E-state index >= 15 is 0 Å². The third kappa shape index (κ3) is 5.61. The van der Waals surface area contributed by atoms with Gasteiger partial charge in [0.15, 0.2) is 0 Å². The van der Waals surface area contributed by atoms with Crippen LogP contribution in [0.5, 0.6) is 0 Å². The van der Waals surface area contributed by atoms with Crippen LogP contribution in [0, 0.1) is 0 Å². The van der Waals surface area contributed by atoms with Crippen LogP contribution in [0.2, 0.25) is 0 Å². The first kappa shape index (κ1) is 34.0. The number of hydrogen-bond acceptors (Lipinski definition) is 4. The van der Waals surface area contributed by atoms with Crippen LogP contribution in [0.3, 0.4) is 0 Å². The van der Waals surface area contributed by atoms with E-state index < -0.39 is 0 Å². The summed E-state index contributed by atoms with van der Waals surface area (Å²) in [6.45, 7) is 0. The second kappa shape index (κ2) is 13.8. The van der Waals surface area contributed by atoms with Crippen molar-refractivity contribution >= 4 is 99.5 Å². The van der Waals surface area contributed by atoms with E-state index in [1.807, 2.05) is 18.2 Å². The molecule has 0 radical (unpaired) electrons. The van der Waals surface area contributed by atoms with Gasteiger partial charge in [0.1, 0.15) is 22.3 Å². The van der Waals surface area contributed by atoms with Gasteiger partial charge in [0, 0.05) is 44.6 Å². The maximum atomic E-state index is 6.54. The van der Waals surface area contributed by atoms with E-state index in [2.05, 4.69) is 210 Å². The first-order valence-corrected chi connectivity index (χ1v) is 20.3. The molecule has 12 rings (SSSR count). The third-order valence-corrected chi connectivity index (χ3v) is 11.8. The molecule has 0 amide bonds. The van der Waals surface area contributed by atoms with E-state index in [1.165, 1.54) is 16.2 Å². The van der Waals surface area contributed by atoms with Crippen molar-refractivity contribution < 1.29 is 8.83 Å². The molecule has 4 heteroatoms. The third-order valence-electron chi connectivity index (χ3n) is 11.8. The van der Waals surface area contributed by atoms with Gasteiger partial charge in [0.05, 0.1) is 11.1 Å². The van der Waals surface area contributed by atoms with Crippen molar-refractivity contribution in [2.45, 2.75) is 0 Å². The lowest BCUT2D eigenvalue weighted by Gasteiger charge is -2.31. The summed E-state index contributed by atoms with van der Waals surface area (Å²) in [7, 11) is 0. The Morgan fingerprint density at radius 2 is 0.833 bits per heavy atom. The topological polar surface area (TPSA) is 32.8 Å². The van der Waals surface area contributed by atoms with Crippen molar-refractivity contribution in [1.29, 1.82) is 0 Å². The summed E-state index contributed by atoms with van der Waals surface area (Å²) in [4.78, 5) is 4.76. The van der Waals surface area contributed by atoms with Crippen molar-refractivity contribution in [3.8, 4) is 11.1 Å². The maximum absolute atomic E-state index is 6.54. The number of hydrogen-bond donors (Lipinski definition) is 0. The molecule has 2 heterocycles. The van der Waals surface area contributed by atoms with Gasteiger partial charge in [-0.2, -0.15) is 0 Å². The highest BCUT2D eigenvalue weighted by atomic mass is 16.3. The number of rotatable bonds is 7. The van der Waals surface area contributed by atoms with Gasteiger partial charge in [0.2, 0.25) is 0 Å². The second-order valence-corrected chi connectivity index (χ2v) is 15.3. The number of nitrogens with zero attached hydrogens (tertiary/aromatic N) is 2. The Bertz CT molecular complexity index is 3510. The van der Waals surface area contributed by atoms with Gasteiger partial charge < -0.3 is 18.6 Å². The van der Waals surface area contributed by atoms with Crippen molar-refractivity contribution in [3.63, 3.8) is 0 Å². The quantitative estimate of drug-likeness (QED) is 0.151. The maximum Gasteiger partial charge on any atom is 0.137 e. The molecule has 10 aromatic carbocycles. The molecule has 0 N–H and O–H groups in total. The fourth-order valence-corrected chi connectivity index (χ4v) is 9.02. The Labute approximate surface area is 346 Å². The zero-order chi connectivity index (χ0) is 39.6. The number of para-hydroxylation sites is 4. The molecule has 0 aliphatic rings. The minimum Gasteiger partial charge on any atom is -0.456 e. The number of fused-ring (bicyclic) bond motifs is 9. The summed E-state index contributed by atoms with van der Waals surface area (Å²) >= 11 is 0.